The minimum absolute atomic E-state index is 0. The fourth-order valence-electron chi connectivity index (χ4n) is 2.70. The van der Waals surface area contributed by atoms with Gasteiger partial charge in [0.2, 0.25) is 0 Å². The van der Waals surface area contributed by atoms with Crippen LogP contribution in [0.3, 0.4) is 0 Å². The first-order valence-corrected chi connectivity index (χ1v) is 8.35. The average molecular weight is 341 g/mol. The Balaban J connectivity index is -0.00000200. The van der Waals surface area contributed by atoms with Gasteiger partial charge in [0, 0.05) is 0 Å². The average Bonchev–Trinajstić information content (AvgIpc) is 2.39. The van der Waals surface area contributed by atoms with E-state index in [-0.39, 0.29) is 65.1 Å². The first kappa shape index (κ1) is 24.8. The van der Waals surface area contributed by atoms with Crippen LogP contribution in [0.1, 0.15) is 80.0 Å². The molecule has 0 radical (unpaired) electrons. The van der Waals surface area contributed by atoms with E-state index in [0.717, 1.165) is 19.3 Å². The smallest absolute Gasteiger partial charge is 1.00 e. The van der Waals surface area contributed by atoms with Crippen LogP contribution in [-0.4, -0.2) is 22.2 Å². The predicted octanol–water partition coefficient (Wildman–Crippen LogP) is 1.69. The molecule has 0 bridgehead atoms. The number of carboxylic acids is 2. The fourth-order valence-corrected chi connectivity index (χ4v) is 2.70. The summed E-state index contributed by atoms with van der Waals surface area (Å²) in [6, 6.07) is 0. The molecule has 0 fully saturated rings. The van der Waals surface area contributed by atoms with Crippen LogP contribution in [0.5, 0.6) is 0 Å². The summed E-state index contributed by atoms with van der Waals surface area (Å²) >= 11 is 0. The quantitative estimate of drug-likeness (QED) is 0.304. The first-order valence-electron chi connectivity index (χ1n) is 8.35. The summed E-state index contributed by atoms with van der Waals surface area (Å²) in [6.07, 6.45) is 9.76. The molecule has 0 spiro atoms. The molecule has 0 saturated heterocycles. The van der Waals surface area contributed by atoms with E-state index in [2.05, 4.69) is 6.92 Å². The van der Waals surface area contributed by atoms with Gasteiger partial charge in [0.1, 0.15) is 0 Å². The largest absolute Gasteiger partial charge is 1.00 e. The Morgan fingerprint density at radius 1 is 0.909 bits per heavy atom. The predicted molar refractivity (Wildman–Crippen MR) is 85.4 cm³/mol. The minimum atomic E-state index is -1.26. The van der Waals surface area contributed by atoms with Crippen molar-refractivity contribution in [1.82, 2.24) is 0 Å². The zero-order valence-corrected chi connectivity index (χ0v) is 17.9. The van der Waals surface area contributed by atoms with Gasteiger partial charge in [-0.2, -0.15) is 0 Å². The molecular formula is C17H33KO4. The maximum Gasteiger partial charge on any atom is 1.00 e. The van der Waals surface area contributed by atoms with E-state index in [9.17, 15) is 9.59 Å². The summed E-state index contributed by atoms with van der Waals surface area (Å²) < 4.78 is 0. The van der Waals surface area contributed by atoms with Crippen molar-refractivity contribution in [3.05, 3.63) is 0 Å². The van der Waals surface area contributed by atoms with Gasteiger partial charge in [-0.25, -0.2) is 0 Å². The van der Waals surface area contributed by atoms with Gasteiger partial charge in [-0.1, -0.05) is 72.1 Å². The van der Waals surface area contributed by atoms with Gasteiger partial charge in [-0.15, -0.1) is 0 Å². The van der Waals surface area contributed by atoms with Crippen LogP contribution in [-0.2, 0) is 9.59 Å². The third-order valence-electron chi connectivity index (χ3n) is 4.26. The van der Waals surface area contributed by atoms with Crippen molar-refractivity contribution in [2.75, 3.05) is 0 Å². The Bertz CT molecular complexity index is 297. The molecule has 22 heavy (non-hydrogen) atoms. The molecule has 0 saturated carbocycles. The van der Waals surface area contributed by atoms with Crippen LogP contribution < -0.4 is 51.4 Å². The van der Waals surface area contributed by atoms with Gasteiger partial charge < -0.3 is 11.6 Å². The molecule has 0 amide bonds. The maximum absolute atomic E-state index is 11.0. The number of carboxylic acid groups (broad SMARTS) is 2. The molecule has 0 heterocycles. The second-order valence-corrected chi connectivity index (χ2v) is 6.38. The Morgan fingerprint density at radius 2 is 1.36 bits per heavy atom. The molecule has 0 rings (SSSR count). The van der Waals surface area contributed by atoms with Crippen molar-refractivity contribution in [3.8, 4) is 0 Å². The van der Waals surface area contributed by atoms with Gasteiger partial charge in [0.05, 0.1) is 0 Å². The van der Waals surface area contributed by atoms with Crippen LogP contribution in [0, 0.1) is 17.8 Å². The van der Waals surface area contributed by atoms with Gasteiger partial charge in [-0.3, -0.25) is 9.59 Å². The van der Waals surface area contributed by atoms with E-state index < -0.39 is 17.9 Å². The minimum Gasteiger partial charge on any atom is -1.00 e. The van der Waals surface area contributed by atoms with E-state index in [4.69, 9.17) is 10.2 Å². The number of rotatable bonds is 13. The zero-order valence-electron chi connectivity index (χ0n) is 15.8. The molecule has 0 aromatic rings. The molecule has 5 heteroatoms. The number of unbranched alkanes of at least 4 members (excludes halogenated alkanes) is 6. The van der Waals surface area contributed by atoms with Crippen molar-refractivity contribution in [1.29, 1.82) is 0 Å². The fraction of sp³-hybridized carbons (Fsp3) is 0.882. The molecule has 126 valence electrons. The maximum atomic E-state index is 11.0. The Hall–Kier alpha value is 0.576. The third kappa shape index (κ3) is 12.1. The van der Waals surface area contributed by atoms with Crippen molar-refractivity contribution < 1.29 is 72.6 Å². The summed E-state index contributed by atoms with van der Waals surface area (Å²) in [4.78, 5) is 22.0. The first-order chi connectivity index (χ1) is 9.90. The molecule has 0 aromatic heterocycles. The second kappa shape index (κ2) is 15.1. The van der Waals surface area contributed by atoms with Gasteiger partial charge in [0.15, 0.2) is 5.92 Å². The molecule has 2 N–H and O–H groups in total. The van der Waals surface area contributed by atoms with Crippen LogP contribution in [0.2, 0.25) is 0 Å². The van der Waals surface area contributed by atoms with Crippen molar-refractivity contribution >= 4 is 11.9 Å². The summed E-state index contributed by atoms with van der Waals surface area (Å²) in [5.74, 6) is -3.19. The third-order valence-corrected chi connectivity index (χ3v) is 4.26. The Kier molecular flexibility index (Phi) is 17.1. The van der Waals surface area contributed by atoms with Crippen LogP contribution in [0.4, 0.5) is 0 Å². The molecule has 0 aromatic carbocycles. The molecule has 0 aliphatic heterocycles. The van der Waals surface area contributed by atoms with E-state index in [1.54, 1.807) is 0 Å². The number of hydrogen-bond donors (Lipinski definition) is 2. The summed E-state index contributed by atoms with van der Waals surface area (Å²) in [5, 5.41) is 18.0. The zero-order chi connectivity index (χ0) is 16.3. The molecule has 4 nitrogen and oxygen atoms in total. The number of carbonyl (C=O) groups is 2. The topological polar surface area (TPSA) is 74.6 Å². The van der Waals surface area contributed by atoms with Gasteiger partial charge in [-0.05, 0) is 18.3 Å². The number of hydrogen-bond acceptors (Lipinski definition) is 2. The molecule has 0 aliphatic rings. The van der Waals surface area contributed by atoms with E-state index in [1.807, 2.05) is 13.8 Å². The van der Waals surface area contributed by atoms with E-state index in [1.165, 1.54) is 32.1 Å². The summed E-state index contributed by atoms with van der Waals surface area (Å²) in [6.45, 7) is 6.30. The van der Waals surface area contributed by atoms with E-state index >= 15 is 0 Å². The van der Waals surface area contributed by atoms with Crippen molar-refractivity contribution in [3.63, 3.8) is 0 Å². The monoisotopic (exact) mass is 340 g/mol. The van der Waals surface area contributed by atoms with Crippen LogP contribution in [0.15, 0.2) is 0 Å². The summed E-state index contributed by atoms with van der Waals surface area (Å²) in [5.41, 5.74) is 0. The van der Waals surface area contributed by atoms with Gasteiger partial charge >= 0.3 is 63.3 Å². The second-order valence-electron chi connectivity index (χ2n) is 6.38. The molecule has 1 unspecified atom stereocenters. The molecular weight excluding hydrogens is 307 g/mol. The SMILES string of the molecule is CCCCCCCCCC(CC(C(=O)O)C(=O)O)C(C)C.[H-].[K+]. The standard InChI is InChI=1S/C17H32O4.K.H/c1-4-5-6-7-8-9-10-11-14(13(2)3)12-15(16(18)19)17(20)21;;/h13-15H,4-12H2,1-3H3,(H,18,19)(H,20,21);;/q;+1;-1. The van der Waals surface area contributed by atoms with Gasteiger partial charge in [0.25, 0.3) is 0 Å². The molecule has 1 atom stereocenters. The van der Waals surface area contributed by atoms with Crippen molar-refractivity contribution in [2.45, 2.75) is 78.6 Å². The summed E-state index contributed by atoms with van der Waals surface area (Å²) in [7, 11) is 0. The Morgan fingerprint density at radius 3 is 1.77 bits per heavy atom. The van der Waals surface area contributed by atoms with Crippen molar-refractivity contribution in [2.24, 2.45) is 17.8 Å². The van der Waals surface area contributed by atoms with Crippen LogP contribution in [0.25, 0.3) is 0 Å². The van der Waals surface area contributed by atoms with E-state index in [0.29, 0.717) is 5.92 Å². The Labute approximate surface area is 179 Å². The normalized spacial score (nSPS) is 12.2. The van der Waals surface area contributed by atoms with Crippen LogP contribution >= 0.6 is 0 Å². The molecule has 0 aliphatic carbocycles. The number of aliphatic carboxylic acids is 2.